The fourth-order valence-electron chi connectivity index (χ4n) is 14.8. The highest BCUT2D eigenvalue weighted by Gasteiger charge is 2.42. The van der Waals surface area contributed by atoms with E-state index in [9.17, 15) is 0 Å². The van der Waals surface area contributed by atoms with Gasteiger partial charge in [-0.15, -0.1) is 0 Å². The molecule has 13 aromatic carbocycles. The average molecular weight is 1100 g/mol. The average Bonchev–Trinajstić information content (AvgIpc) is 2.58. The Kier molecular flexibility index (Phi) is 11.0. The highest BCUT2D eigenvalue weighted by molar-refractivity contribution is 6.13. The van der Waals surface area contributed by atoms with Crippen molar-refractivity contribution < 1.29 is 0 Å². The first-order valence-corrected chi connectivity index (χ1v) is 30.2. The van der Waals surface area contributed by atoms with E-state index in [1.54, 1.807) is 0 Å². The van der Waals surface area contributed by atoms with Gasteiger partial charge in [-0.1, -0.05) is 258 Å². The number of nitrogens with zero attached hydrogens (tertiary/aromatic N) is 2. The zero-order valence-corrected chi connectivity index (χ0v) is 48.6. The Labute approximate surface area is 501 Å². The summed E-state index contributed by atoms with van der Waals surface area (Å²) in [6.45, 7) is 9.62. The molecule has 2 nitrogen and oxygen atoms in total. The topological polar surface area (TPSA) is 9.86 Å². The van der Waals surface area contributed by atoms with Gasteiger partial charge >= 0.3 is 0 Å². The van der Waals surface area contributed by atoms with Gasteiger partial charge in [-0.25, -0.2) is 0 Å². The molecule has 2 aromatic heterocycles. The first kappa shape index (κ1) is 50.0. The lowest BCUT2D eigenvalue weighted by Gasteiger charge is -2.24. The van der Waals surface area contributed by atoms with Gasteiger partial charge in [-0.3, -0.25) is 0 Å². The Hall–Kier alpha value is -10.5. The minimum atomic E-state index is -0.149. The van der Waals surface area contributed by atoms with E-state index in [0.29, 0.717) is 0 Å². The highest BCUT2D eigenvalue weighted by Crippen LogP contribution is 2.56. The molecule has 17 rings (SSSR count). The van der Waals surface area contributed by atoms with Gasteiger partial charge in [0.1, 0.15) is 0 Å². The molecule has 86 heavy (non-hydrogen) atoms. The van der Waals surface area contributed by atoms with Crippen LogP contribution in [-0.4, -0.2) is 9.13 Å². The van der Waals surface area contributed by atoms with E-state index in [-0.39, 0.29) is 10.8 Å². The van der Waals surface area contributed by atoms with Crippen molar-refractivity contribution in [3.05, 3.63) is 311 Å². The number of para-hydroxylation sites is 2. The molecule has 2 heteroatoms. The summed E-state index contributed by atoms with van der Waals surface area (Å²) < 4.78 is 4.86. The number of hydrogen-bond acceptors (Lipinski definition) is 0. The van der Waals surface area contributed by atoms with Gasteiger partial charge in [-0.05, 0) is 160 Å². The van der Waals surface area contributed by atoms with Crippen LogP contribution in [0.25, 0.3) is 145 Å². The summed E-state index contributed by atoms with van der Waals surface area (Å²) in [6, 6.07) is 99.3. The fraction of sp³-hybridized carbons (Fsp3) is 0.0714. The second-order valence-corrected chi connectivity index (χ2v) is 24.9. The zero-order valence-electron chi connectivity index (χ0n) is 48.6. The second-order valence-electron chi connectivity index (χ2n) is 24.9. The maximum absolute atomic E-state index is 2.52. The van der Waals surface area contributed by atoms with Crippen molar-refractivity contribution in [3.8, 4) is 55.9 Å². The minimum Gasteiger partial charge on any atom is -0.309 e. The van der Waals surface area contributed by atoms with Crippen molar-refractivity contribution in [2.75, 3.05) is 0 Å². The molecule has 0 saturated carbocycles. The van der Waals surface area contributed by atoms with E-state index in [1.165, 1.54) is 166 Å². The summed E-state index contributed by atoms with van der Waals surface area (Å²) in [5.74, 6) is 0. The molecule has 0 aliphatic heterocycles. The Balaban J connectivity index is 0.605. The van der Waals surface area contributed by atoms with Crippen LogP contribution in [0.5, 0.6) is 0 Å². The number of aromatic nitrogens is 2. The highest BCUT2D eigenvalue weighted by atomic mass is 15.0. The maximum atomic E-state index is 2.52. The minimum absolute atomic E-state index is 0.149. The van der Waals surface area contributed by atoms with Crippen LogP contribution < -0.4 is 0 Å². The van der Waals surface area contributed by atoms with Crippen molar-refractivity contribution in [1.29, 1.82) is 0 Å². The van der Waals surface area contributed by atoms with Crippen LogP contribution in [0.4, 0.5) is 0 Å². The van der Waals surface area contributed by atoms with Crippen molar-refractivity contribution in [3.63, 3.8) is 0 Å². The Morgan fingerprint density at radius 1 is 0.244 bits per heavy atom. The van der Waals surface area contributed by atoms with E-state index in [1.807, 2.05) is 0 Å². The molecule has 0 atom stereocenters. The van der Waals surface area contributed by atoms with Gasteiger partial charge in [0.15, 0.2) is 0 Å². The largest absolute Gasteiger partial charge is 0.309 e. The first-order valence-electron chi connectivity index (χ1n) is 30.2. The summed E-state index contributed by atoms with van der Waals surface area (Å²) >= 11 is 0. The van der Waals surface area contributed by atoms with E-state index in [4.69, 9.17) is 0 Å². The maximum Gasteiger partial charge on any atom is 0.0541 e. The quantitative estimate of drug-likeness (QED) is 0.134. The zero-order chi connectivity index (χ0) is 57.4. The van der Waals surface area contributed by atoms with Gasteiger partial charge in [0.05, 0.1) is 33.4 Å². The monoisotopic (exact) mass is 1100 g/mol. The predicted octanol–water partition coefficient (Wildman–Crippen LogP) is 22.5. The van der Waals surface area contributed by atoms with Crippen molar-refractivity contribution in [1.82, 2.24) is 9.13 Å². The summed E-state index contributed by atoms with van der Waals surface area (Å²) in [5.41, 5.74) is 27.6. The molecule has 0 unspecified atom stereocenters. The van der Waals surface area contributed by atoms with Crippen LogP contribution in [0, 0.1) is 0 Å². The molecule has 0 saturated heterocycles. The number of hydrogen-bond donors (Lipinski definition) is 0. The first-order chi connectivity index (χ1) is 42.1. The third kappa shape index (κ3) is 7.72. The lowest BCUT2D eigenvalue weighted by atomic mass is 9.79. The summed E-state index contributed by atoms with van der Waals surface area (Å²) in [7, 11) is 0. The standard InChI is InChI=1S/C84H60N2/c1-83(2)73-47-55(29-27-53-31-37-57(38-32-53)61-41-45-81-71(49-61)67-21-9-11-23-79(67)85(81)77-25-13-17-59-15-5-7-19-63(59)77)35-43-65(73)69-52-76-70(51-75(69)83)66-44-36-56(48-74(66)84(76,3)4)30-28-54-33-39-58(40-34-54)62-42-46-82-72(50-62)68-22-10-12-24-80(68)86(82)78-26-14-18-60-16-6-8-20-64(60)78/h5-52H,1-4H3. The third-order valence-corrected chi connectivity index (χ3v) is 19.3. The molecule has 2 aliphatic rings. The van der Waals surface area contributed by atoms with Crippen LogP contribution in [0.3, 0.4) is 0 Å². The number of fused-ring (bicyclic) bond motifs is 14. The smallest absolute Gasteiger partial charge is 0.0541 e. The summed E-state index contributed by atoms with van der Waals surface area (Å²) in [4.78, 5) is 0. The van der Waals surface area contributed by atoms with Crippen LogP contribution >= 0.6 is 0 Å². The molecule has 2 heterocycles. The van der Waals surface area contributed by atoms with Gasteiger partial charge in [0.25, 0.3) is 0 Å². The van der Waals surface area contributed by atoms with Gasteiger partial charge < -0.3 is 9.13 Å². The molecule has 15 aromatic rings. The number of rotatable bonds is 8. The Morgan fingerprint density at radius 2 is 0.581 bits per heavy atom. The van der Waals surface area contributed by atoms with Gasteiger partial charge in [0, 0.05) is 43.1 Å². The van der Waals surface area contributed by atoms with E-state index in [0.717, 1.165) is 0 Å². The molecular formula is C84H60N2. The van der Waals surface area contributed by atoms with Gasteiger partial charge in [-0.2, -0.15) is 0 Å². The second kappa shape index (κ2) is 19.0. The van der Waals surface area contributed by atoms with Crippen molar-refractivity contribution in [2.45, 2.75) is 38.5 Å². The summed E-state index contributed by atoms with van der Waals surface area (Å²) in [5, 5.41) is 10.0. The van der Waals surface area contributed by atoms with E-state index < -0.39 is 0 Å². The van der Waals surface area contributed by atoms with Crippen molar-refractivity contribution >= 4 is 89.5 Å². The van der Waals surface area contributed by atoms with Crippen LogP contribution in [0.1, 0.15) is 72.2 Å². The molecule has 0 bridgehead atoms. The van der Waals surface area contributed by atoms with Crippen LogP contribution in [0.15, 0.2) is 267 Å². The molecule has 0 spiro atoms. The molecule has 2 aliphatic carbocycles. The Morgan fingerprint density at radius 3 is 1.02 bits per heavy atom. The lowest BCUT2D eigenvalue weighted by molar-refractivity contribution is 0.652. The third-order valence-electron chi connectivity index (χ3n) is 19.3. The van der Waals surface area contributed by atoms with Crippen LogP contribution in [0.2, 0.25) is 0 Å². The predicted molar refractivity (Wildman–Crippen MR) is 367 cm³/mol. The van der Waals surface area contributed by atoms with E-state index in [2.05, 4.69) is 328 Å². The van der Waals surface area contributed by atoms with Crippen molar-refractivity contribution in [2.24, 2.45) is 0 Å². The summed E-state index contributed by atoms with van der Waals surface area (Å²) in [6.07, 6.45) is 9.06. The lowest BCUT2D eigenvalue weighted by Crippen LogP contribution is -2.17. The normalized spacial score (nSPS) is 13.9. The van der Waals surface area contributed by atoms with Gasteiger partial charge in [0.2, 0.25) is 0 Å². The number of benzene rings is 13. The molecule has 406 valence electrons. The van der Waals surface area contributed by atoms with E-state index >= 15 is 0 Å². The van der Waals surface area contributed by atoms with Crippen LogP contribution in [-0.2, 0) is 10.8 Å². The fourth-order valence-corrected chi connectivity index (χ4v) is 14.8. The molecular weight excluding hydrogens is 1040 g/mol. The SMILES string of the molecule is CC1(C)c2cc(C=Cc3ccc(-c4ccc5c(c4)c4ccccc4n5-c4cccc5ccccc45)cc3)ccc2-c2cc3c(cc21)-c1ccc(C=Cc2ccc(-c4ccc5c(c4)c4ccccc4n5-c4cccc5ccccc45)cc2)cc1C3(C)C. The Bertz CT molecular complexity index is 5030. The molecule has 0 amide bonds. The molecule has 0 fully saturated rings. The molecule has 0 radical (unpaired) electrons. The molecule has 0 N–H and O–H groups in total.